The first-order chi connectivity index (χ1) is 7.08. The van der Waals surface area contributed by atoms with Crippen LogP contribution in [0.3, 0.4) is 0 Å². The van der Waals surface area contributed by atoms with Gasteiger partial charge in [0.05, 0.1) is 15.6 Å². The number of carbonyl (C=O) groups excluding carboxylic acids is 1. The lowest BCUT2D eigenvalue weighted by Gasteiger charge is -2.18. The molecular weight excluding hydrogens is 242 g/mol. The molecular formula is C8H6ClNO4S. The van der Waals surface area contributed by atoms with Gasteiger partial charge in [0.1, 0.15) is 5.75 Å². The first kappa shape index (κ1) is 10.4. The molecule has 0 radical (unpaired) electrons. The van der Waals surface area contributed by atoms with E-state index in [1.807, 2.05) is 0 Å². The van der Waals surface area contributed by atoms with Crippen molar-refractivity contribution in [1.29, 1.82) is 0 Å². The van der Waals surface area contributed by atoms with E-state index in [1.54, 1.807) is 0 Å². The fourth-order valence-corrected chi connectivity index (χ4v) is 2.01. The molecule has 80 valence electrons. The smallest absolute Gasteiger partial charge is 0.262 e. The van der Waals surface area contributed by atoms with Gasteiger partial charge in [-0.3, -0.25) is 4.79 Å². The summed E-state index contributed by atoms with van der Waals surface area (Å²) >= 11 is 3.57. The van der Waals surface area contributed by atoms with Gasteiger partial charge < -0.3 is 14.6 Å². The third-order valence-electron chi connectivity index (χ3n) is 1.86. The minimum atomic E-state index is -2.17. The minimum Gasteiger partial charge on any atom is -0.482 e. The first-order valence-electron chi connectivity index (χ1n) is 3.95. The number of benzene rings is 1. The number of amides is 1. The molecule has 5 nitrogen and oxygen atoms in total. The van der Waals surface area contributed by atoms with E-state index in [-0.39, 0.29) is 22.4 Å². The van der Waals surface area contributed by atoms with Crippen LogP contribution in [0.25, 0.3) is 0 Å². The molecule has 0 saturated carbocycles. The van der Waals surface area contributed by atoms with Gasteiger partial charge in [-0.15, -0.1) is 0 Å². The Morgan fingerprint density at radius 2 is 2.27 bits per heavy atom. The van der Waals surface area contributed by atoms with Crippen LogP contribution in [0, 0.1) is 0 Å². The van der Waals surface area contributed by atoms with Gasteiger partial charge in [-0.25, -0.2) is 4.21 Å². The molecule has 0 spiro atoms. The number of fused-ring (bicyclic) bond motifs is 1. The van der Waals surface area contributed by atoms with Gasteiger partial charge in [-0.05, 0) is 6.07 Å². The number of carbonyl (C=O) groups is 1. The Morgan fingerprint density at radius 3 is 2.93 bits per heavy atom. The maximum Gasteiger partial charge on any atom is 0.262 e. The monoisotopic (exact) mass is 247 g/mol. The summed E-state index contributed by atoms with van der Waals surface area (Å²) in [6, 6.07) is 2.73. The van der Waals surface area contributed by atoms with Gasteiger partial charge in [0, 0.05) is 6.07 Å². The zero-order chi connectivity index (χ0) is 11.0. The van der Waals surface area contributed by atoms with Crippen molar-refractivity contribution in [3.63, 3.8) is 0 Å². The summed E-state index contributed by atoms with van der Waals surface area (Å²) in [5, 5.41) is 2.65. The van der Waals surface area contributed by atoms with Crippen molar-refractivity contribution in [3.8, 4) is 5.75 Å². The van der Waals surface area contributed by atoms with E-state index in [4.69, 9.17) is 20.9 Å². The van der Waals surface area contributed by atoms with Crippen LogP contribution in [0.4, 0.5) is 5.69 Å². The Bertz CT molecular complexity index is 462. The fourth-order valence-electron chi connectivity index (χ4n) is 1.22. The van der Waals surface area contributed by atoms with Crippen molar-refractivity contribution < 1.29 is 18.3 Å². The van der Waals surface area contributed by atoms with Crippen LogP contribution in [0.2, 0.25) is 5.02 Å². The Balaban J connectivity index is 2.50. The maximum absolute atomic E-state index is 11.0. The number of hydrogen-bond acceptors (Lipinski definition) is 3. The number of ether oxygens (including phenoxy) is 1. The first-order valence-corrected chi connectivity index (χ1v) is 5.43. The molecule has 1 aliphatic heterocycles. The summed E-state index contributed by atoms with van der Waals surface area (Å²) < 4.78 is 24.8. The van der Waals surface area contributed by atoms with E-state index < -0.39 is 11.1 Å². The highest BCUT2D eigenvalue weighted by atomic mass is 35.5. The van der Waals surface area contributed by atoms with Crippen LogP contribution in [0.1, 0.15) is 0 Å². The van der Waals surface area contributed by atoms with Crippen molar-refractivity contribution in [3.05, 3.63) is 17.2 Å². The Labute approximate surface area is 92.7 Å². The largest absolute Gasteiger partial charge is 0.482 e. The van der Waals surface area contributed by atoms with Crippen LogP contribution in [0.5, 0.6) is 5.75 Å². The molecule has 1 heterocycles. The lowest BCUT2D eigenvalue weighted by molar-refractivity contribution is -0.118. The summed E-state index contributed by atoms with van der Waals surface area (Å²) in [6.45, 7) is -0.105. The number of hydrogen-bond donors (Lipinski definition) is 2. The van der Waals surface area contributed by atoms with E-state index in [1.165, 1.54) is 12.1 Å². The van der Waals surface area contributed by atoms with E-state index >= 15 is 0 Å². The summed E-state index contributed by atoms with van der Waals surface area (Å²) in [5.74, 6) is 0.0628. The number of nitrogens with one attached hydrogen (secondary N) is 1. The Kier molecular flexibility index (Phi) is 2.64. The van der Waals surface area contributed by atoms with Crippen molar-refractivity contribution in [2.45, 2.75) is 4.90 Å². The highest BCUT2D eigenvalue weighted by molar-refractivity contribution is 7.79. The summed E-state index contributed by atoms with van der Waals surface area (Å²) in [7, 11) is 0. The molecule has 1 atom stereocenters. The quantitative estimate of drug-likeness (QED) is 0.733. The standard InChI is InChI=1S/C8H6ClNO4S/c9-4-1-5-6(2-7(4)15(12)13)14-3-8(11)10-5/h1-2H,3H2,(H,10,11)(H,12,13). The molecule has 0 bridgehead atoms. The molecule has 0 aliphatic carbocycles. The molecule has 1 unspecified atom stereocenters. The third-order valence-corrected chi connectivity index (χ3v) is 2.99. The van der Waals surface area contributed by atoms with Crippen LogP contribution in [-0.2, 0) is 15.9 Å². The fraction of sp³-hybridized carbons (Fsp3) is 0.125. The van der Waals surface area contributed by atoms with Gasteiger partial charge >= 0.3 is 0 Å². The zero-order valence-electron chi connectivity index (χ0n) is 7.32. The molecule has 0 fully saturated rings. The van der Waals surface area contributed by atoms with Crippen LogP contribution in [-0.4, -0.2) is 21.3 Å². The average Bonchev–Trinajstić information content (AvgIpc) is 2.15. The molecule has 0 saturated heterocycles. The molecule has 1 amide bonds. The highest BCUT2D eigenvalue weighted by Crippen LogP contribution is 2.34. The molecule has 1 aromatic carbocycles. The van der Waals surface area contributed by atoms with Crippen LogP contribution >= 0.6 is 11.6 Å². The predicted octanol–water partition coefficient (Wildman–Crippen LogP) is 1.25. The van der Waals surface area contributed by atoms with Crippen molar-refractivity contribution >= 4 is 34.3 Å². The van der Waals surface area contributed by atoms with Gasteiger partial charge in [-0.2, -0.15) is 0 Å². The predicted molar refractivity (Wildman–Crippen MR) is 54.6 cm³/mol. The molecule has 7 heteroatoms. The van der Waals surface area contributed by atoms with Gasteiger partial charge in [0.15, 0.2) is 17.7 Å². The highest BCUT2D eigenvalue weighted by Gasteiger charge is 2.19. The van der Waals surface area contributed by atoms with Gasteiger partial charge in [0.2, 0.25) is 0 Å². The molecule has 2 N–H and O–H groups in total. The molecule has 2 rings (SSSR count). The summed E-state index contributed by atoms with van der Waals surface area (Å²) in [5.41, 5.74) is 0.408. The third kappa shape index (κ3) is 1.97. The molecule has 15 heavy (non-hydrogen) atoms. The van der Waals surface area contributed by atoms with Crippen LogP contribution in [0.15, 0.2) is 17.0 Å². The average molecular weight is 248 g/mol. The SMILES string of the molecule is O=C1COc2cc(S(=O)O)c(Cl)cc2N1. The Hall–Kier alpha value is -1.11. The van der Waals surface area contributed by atoms with E-state index in [9.17, 15) is 9.00 Å². The summed E-state index contributed by atoms with van der Waals surface area (Å²) in [6.07, 6.45) is 0. The van der Waals surface area contributed by atoms with E-state index in [0.29, 0.717) is 11.4 Å². The van der Waals surface area contributed by atoms with Crippen molar-refractivity contribution in [2.75, 3.05) is 11.9 Å². The second-order valence-corrected chi connectivity index (χ2v) is 4.21. The lowest BCUT2D eigenvalue weighted by atomic mass is 10.2. The summed E-state index contributed by atoms with van der Waals surface area (Å²) in [4.78, 5) is 11.0. The second kappa shape index (κ2) is 3.80. The van der Waals surface area contributed by atoms with Crippen molar-refractivity contribution in [2.24, 2.45) is 0 Å². The van der Waals surface area contributed by atoms with Gasteiger partial charge in [-0.1, -0.05) is 11.6 Å². The lowest BCUT2D eigenvalue weighted by Crippen LogP contribution is -2.25. The second-order valence-electron chi connectivity index (χ2n) is 2.86. The number of halogens is 1. The maximum atomic E-state index is 11.0. The van der Waals surface area contributed by atoms with Gasteiger partial charge in [0.25, 0.3) is 5.91 Å². The number of anilines is 1. The molecule has 1 aromatic rings. The van der Waals surface area contributed by atoms with Crippen molar-refractivity contribution in [1.82, 2.24) is 0 Å². The molecule has 1 aliphatic rings. The number of rotatable bonds is 1. The van der Waals surface area contributed by atoms with E-state index in [2.05, 4.69) is 5.32 Å². The normalized spacial score (nSPS) is 16.3. The Morgan fingerprint density at radius 1 is 1.53 bits per heavy atom. The molecule has 0 aromatic heterocycles. The topological polar surface area (TPSA) is 75.6 Å². The zero-order valence-corrected chi connectivity index (χ0v) is 8.89. The minimum absolute atomic E-state index is 0.0616. The van der Waals surface area contributed by atoms with Crippen LogP contribution < -0.4 is 10.1 Å². The van der Waals surface area contributed by atoms with E-state index in [0.717, 1.165) is 0 Å².